The molecule has 1 aliphatic rings. The molecule has 16 heavy (non-hydrogen) atoms. The van der Waals surface area contributed by atoms with E-state index in [1.165, 1.54) is 12.8 Å². The fourth-order valence-corrected chi connectivity index (χ4v) is 2.83. The number of ether oxygens (including phenoxy) is 1. The van der Waals surface area contributed by atoms with Gasteiger partial charge >= 0.3 is 0 Å². The predicted octanol–water partition coefficient (Wildman–Crippen LogP) is 2.31. The number of rotatable bonds is 7. The van der Waals surface area contributed by atoms with Crippen molar-refractivity contribution in [2.45, 2.75) is 50.7 Å². The molecule has 1 rings (SSSR count). The molecule has 2 atom stereocenters. The maximum atomic E-state index is 8.91. The summed E-state index contributed by atoms with van der Waals surface area (Å²) >= 11 is 1.92. The smallest absolute Gasteiger partial charge is 0.104 e. The highest BCUT2D eigenvalue weighted by atomic mass is 32.2. The zero-order valence-electron chi connectivity index (χ0n) is 10.1. The Bertz CT molecular complexity index is 236. The SMILES string of the molecule is CCC(N)(C#N)CCCSCC1CCCO1. The summed E-state index contributed by atoms with van der Waals surface area (Å²) in [6, 6.07) is 2.20. The highest BCUT2D eigenvalue weighted by molar-refractivity contribution is 7.99. The van der Waals surface area contributed by atoms with Crippen LogP contribution in [0.4, 0.5) is 0 Å². The number of nitrogens with two attached hydrogens (primary N) is 1. The van der Waals surface area contributed by atoms with Gasteiger partial charge in [0, 0.05) is 12.4 Å². The molecule has 0 saturated carbocycles. The molecule has 0 aromatic rings. The predicted molar refractivity (Wildman–Crippen MR) is 68.4 cm³/mol. The fraction of sp³-hybridized carbons (Fsp3) is 0.917. The lowest BCUT2D eigenvalue weighted by molar-refractivity contribution is 0.129. The summed E-state index contributed by atoms with van der Waals surface area (Å²) in [6.45, 7) is 2.91. The number of nitriles is 1. The van der Waals surface area contributed by atoms with E-state index in [-0.39, 0.29) is 0 Å². The Morgan fingerprint density at radius 2 is 2.44 bits per heavy atom. The van der Waals surface area contributed by atoms with Crippen molar-refractivity contribution in [3.63, 3.8) is 0 Å². The molecule has 2 unspecified atom stereocenters. The third-order valence-electron chi connectivity index (χ3n) is 3.09. The van der Waals surface area contributed by atoms with Crippen LogP contribution in [0.25, 0.3) is 0 Å². The van der Waals surface area contributed by atoms with Gasteiger partial charge in [-0.2, -0.15) is 17.0 Å². The van der Waals surface area contributed by atoms with Crippen molar-refractivity contribution < 1.29 is 4.74 Å². The van der Waals surface area contributed by atoms with E-state index in [2.05, 4.69) is 6.07 Å². The molecule has 0 bridgehead atoms. The molecular formula is C12H22N2OS. The lowest BCUT2D eigenvalue weighted by Gasteiger charge is -2.18. The van der Waals surface area contributed by atoms with Crippen molar-refractivity contribution in [3.8, 4) is 6.07 Å². The van der Waals surface area contributed by atoms with E-state index < -0.39 is 5.54 Å². The van der Waals surface area contributed by atoms with Crippen LogP contribution in [0, 0.1) is 11.3 Å². The van der Waals surface area contributed by atoms with Gasteiger partial charge in [0.05, 0.1) is 12.2 Å². The van der Waals surface area contributed by atoms with E-state index in [9.17, 15) is 0 Å². The van der Waals surface area contributed by atoms with Crippen LogP contribution in [0.2, 0.25) is 0 Å². The van der Waals surface area contributed by atoms with E-state index in [1.807, 2.05) is 18.7 Å². The Hall–Kier alpha value is -0.240. The number of thioether (sulfide) groups is 1. The molecule has 0 aliphatic carbocycles. The van der Waals surface area contributed by atoms with Gasteiger partial charge in [-0.15, -0.1) is 0 Å². The van der Waals surface area contributed by atoms with Crippen molar-refractivity contribution >= 4 is 11.8 Å². The summed E-state index contributed by atoms with van der Waals surface area (Å²) in [7, 11) is 0. The Morgan fingerprint density at radius 1 is 1.62 bits per heavy atom. The van der Waals surface area contributed by atoms with Crippen LogP contribution in [0.3, 0.4) is 0 Å². The highest BCUT2D eigenvalue weighted by Crippen LogP contribution is 2.19. The van der Waals surface area contributed by atoms with Crippen molar-refractivity contribution in [2.75, 3.05) is 18.1 Å². The summed E-state index contributed by atoms with van der Waals surface area (Å²) in [5, 5.41) is 8.91. The molecule has 3 nitrogen and oxygen atoms in total. The van der Waals surface area contributed by atoms with Crippen LogP contribution in [0.1, 0.15) is 39.0 Å². The lowest BCUT2D eigenvalue weighted by atomic mass is 9.94. The molecule has 0 amide bonds. The Kier molecular flexibility index (Phi) is 6.18. The molecule has 92 valence electrons. The first-order chi connectivity index (χ1) is 7.70. The van der Waals surface area contributed by atoms with Gasteiger partial charge in [0.1, 0.15) is 5.54 Å². The second kappa shape index (κ2) is 7.16. The Balaban J connectivity index is 2.01. The summed E-state index contributed by atoms with van der Waals surface area (Å²) in [5.74, 6) is 2.18. The molecular weight excluding hydrogens is 220 g/mol. The second-order valence-corrected chi connectivity index (χ2v) is 5.58. The van der Waals surface area contributed by atoms with Gasteiger partial charge in [-0.1, -0.05) is 6.92 Å². The molecule has 1 heterocycles. The number of hydrogen-bond donors (Lipinski definition) is 1. The van der Waals surface area contributed by atoms with E-state index in [1.54, 1.807) is 0 Å². The molecule has 1 fully saturated rings. The van der Waals surface area contributed by atoms with E-state index in [4.69, 9.17) is 15.7 Å². The molecule has 4 heteroatoms. The van der Waals surface area contributed by atoms with Crippen LogP contribution in [0.15, 0.2) is 0 Å². The molecule has 0 radical (unpaired) electrons. The highest BCUT2D eigenvalue weighted by Gasteiger charge is 2.21. The summed E-state index contributed by atoms with van der Waals surface area (Å²) in [5.41, 5.74) is 5.30. The van der Waals surface area contributed by atoms with Gasteiger partial charge in [-0.3, -0.25) is 0 Å². The van der Waals surface area contributed by atoms with Crippen LogP contribution in [-0.2, 0) is 4.74 Å². The van der Waals surface area contributed by atoms with Crippen LogP contribution >= 0.6 is 11.8 Å². The third kappa shape index (κ3) is 4.73. The van der Waals surface area contributed by atoms with Gasteiger partial charge < -0.3 is 10.5 Å². The van der Waals surface area contributed by atoms with Crippen LogP contribution in [-0.4, -0.2) is 29.8 Å². The van der Waals surface area contributed by atoms with E-state index >= 15 is 0 Å². The van der Waals surface area contributed by atoms with Crippen LogP contribution < -0.4 is 5.73 Å². The first-order valence-corrected chi connectivity index (χ1v) is 7.25. The van der Waals surface area contributed by atoms with Gasteiger partial charge in [0.25, 0.3) is 0 Å². The Morgan fingerprint density at radius 3 is 3.00 bits per heavy atom. The monoisotopic (exact) mass is 242 g/mol. The minimum atomic E-state index is -0.607. The molecule has 1 saturated heterocycles. The van der Waals surface area contributed by atoms with Crippen LogP contribution in [0.5, 0.6) is 0 Å². The fourth-order valence-electron chi connectivity index (χ4n) is 1.79. The van der Waals surface area contributed by atoms with Gasteiger partial charge in [0.15, 0.2) is 0 Å². The van der Waals surface area contributed by atoms with Gasteiger partial charge in [-0.25, -0.2) is 0 Å². The standard InChI is InChI=1S/C12H22N2OS/c1-2-12(14,10-13)6-4-8-16-9-11-5-3-7-15-11/h11H,2-9,14H2,1H3. The minimum absolute atomic E-state index is 0.467. The molecule has 1 aliphatic heterocycles. The maximum Gasteiger partial charge on any atom is 0.104 e. The molecule has 0 spiro atoms. The normalized spacial score (nSPS) is 23.9. The van der Waals surface area contributed by atoms with Gasteiger partial charge in [-0.05, 0) is 37.9 Å². The first-order valence-electron chi connectivity index (χ1n) is 6.09. The summed E-state index contributed by atoms with van der Waals surface area (Å²) < 4.78 is 5.54. The van der Waals surface area contributed by atoms with Gasteiger partial charge in [0.2, 0.25) is 0 Å². The van der Waals surface area contributed by atoms with Crippen molar-refractivity contribution in [3.05, 3.63) is 0 Å². The van der Waals surface area contributed by atoms with Crippen molar-refractivity contribution in [1.82, 2.24) is 0 Å². The van der Waals surface area contributed by atoms with E-state index in [0.29, 0.717) is 6.10 Å². The van der Waals surface area contributed by atoms with E-state index in [0.717, 1.165) is 37.4 Å². The number of nitrogens with zero attached hydrogens (tertiary/aromatic N) is 1. The largest absolute Gasteiger partial charge is 0.377 e. The molecule has 0 aromatic heterocycles. The lowest BCUT2D eigenvalue weighted by Crippen LogP contribution is -2.37. The van der Waals surface area contributed by atoms with Crippen molar-refractivity contribution in [1.29, 1.82) is 5.26 Å². The average Bonchev–Trinajstić information content (AvgIpc) is 2.81. The summed E-state index contributed by atoms with van der Waals surface area (Å²) in [6.07, 6.45) is 5.45. The summed E-state index contributed by atoms with van der Waals surface area (Å²) in [4.78, 5) is 0. The number of hydrogen-bond acceptors (Lipinski definition) is 4. The minimum Gasteiger partial charge on any atom is -0.377 e. The molecule has 0 aromatic carbocycles. The second-order valence-electron chi connectivity index (χ2n) is 4.43. The topological polar surface area (TPSA) is 59.0 Å². The molecule has 2 N–H and O–H groups in total. The first kappa shape index (κ1) is 13.8. The van der Waals surface area contributed by atoms with Crippen molar-refractivity contribution in [2.24, 2.45) is 5.73 Å². The third-order valence-corrected chi connectivity index (χ3v) is 4.28. The maximum absolute atomic E-state index is 8.91. The average molecular weight is 242 g/mol. The zero-order chi connectivity index (χ0) is 11.9. The quantitative estimate of drug-likeness (QED) is 0.696. The Labute approximate surface area is 103 Å². The zero-order valence-corrected chi connectivity index (χ0v) is 10.9.